The van der Waals surface area contributed by atoms with Gasteiger partial charge in [0.1, 0.15) is 0 Å². The van der Waals surface area contributed by atoms with Crippen molar-refractivity contribution in [1.29, 1.82) is 0 Å². The molecule has 0 spiro atoms. The first-order chi connectivity index (χ1) is 24.2. The molecule has 2 aliphatic heterocycles. The molecule has 3 aromatic heterocycles. The van der Waals surface area contributed by atoms with Gasteiger partial charge in [-0.2, -0.15) is 0 Å². The SMILES string of the molecule is O.O.[SnH][C]1=Cc2cc3ccc(cc4nc(cc5c(-c6ccccc6)c(-c6ccccc6)c(c(-c6ccccc6)c1n2)n5-c1ccccc1)C=C4)[nH]3. The van der Waals surface area contributed by atoms with E-state index in [1.807, 2.05) is 0 Å². The molecule has 0 aliphatic carbocycles. The molecule has 2 radical (unpaired) electrons. The van der Waals surface area contributed by atoms with E-state index in [1.54, 1.807) is 0 Å². The molecule has 0 amide bonds. The molecule has 5 N–H and O–H groups in total. The van der Waals surface area contributed by atoms with E-state index in [0.717, 1.165) is 106 Å². The summed E-state index contributed by atoms with van der Waals surface area (Å²) in [6.07, 6.45) is 6.45. The second kappa shape index (κ2) is 14.2. The van der Waals surface area contributed by atoms with E-state index in [0.29, 0.717) is 0 Å². The van der Waals surface area contributed by atoms with E-state index in [4.69, 9.17) is 9.97 Å². The van der Waals surface area contributed by atoms with E-state index in [2.05, 4.69) is 179 Å². The molecule has 2 aliphatic rings. The number of aromatic amines is 1. The molecule has 246 valence electrons. The quantitative estimate of drug-likeness (QED) is 0.181. The molecule has 7 heteroatoms. The van der Waals surface area contributed by atoms with Crippen LogP contribution in [0.5, 0.6) is 0 Å². The van der Waals surface area contributed by atoms with Crippen molar-refractivity contribution >= 4 is 66.4 Å². The molecule has 7 aromatic rings. The minimum absolute atomic E-state index is 0. The van der Waals surface area contributed by atoms with Gasteiger partial charge in [0, 0.05) is 0 Å². The zero-order valence-electron chi connectivity index (χ0n) is 27.6. The van der Waals surface area contributed by atoms with Crippen molar-refractivity contribution in [3.63, 3.8) is 0 Å². The Kier molecular flexibility index (Phi) is 9.38. The number of para-hydroxylation sites is 1. The Morgan fingerprint density at radius 2 is 0.980 bits per heavy atom. The van der Waals surface area contributed by atoms with Crippen molar-refractivity contribution in [2.45, 2.75) is 0 Å². The molecule has 0 atom stereocenters. The van der Waals surface area contributed by atoms with Crippen LogP contribution >= 0.6 is 0 Å². The summed E-state index contributed by atoms with van der Waals surface area (Å²) < 4.78 is 3.68. The van der Waals surface area contributed by atoms with Gasteiger partial charge in [-0.15, -0.1) is 0 Å². The summed E-state index contributed by atoms with van der Waals surface area (Å²) in [6.45, 7) is 0. The Hall–Kier alpha value is -5.80. The molecule has 4 aromatic carbocycles. The maximum absolute atomic E-state index is 5.42. The number of aromatic nitrogens is 4. The Bertz CT molecular complexity index is 2590. The number of H-pyrrole nitrogens is 1. The van der Waals surface area contributed by atoms with Crippen molar-refractivity contribution in [1.82, 2.24) is 19.5 Å². The summed E-state index contributed by atoms with van der Waals surface area (Å²) in [5.74, 6) is 0. The second-order valence-electron chi connectivity index (χ2n) is 12.2. The van der Waals surface area contributed by atoms with Gasteiger partial charge < -0.3 is 11.0 Å². The predicted octanol–water partition coefficient (Wildman–Crippen LogP) is 8.70. The first-order valence-electron chi connectivity index (χ1n) is 16.4. The van der Waals surface area contributed by atoms with Gasteiger partial charge >= 0.3 is 299 Å². The fraction of sp³-hybridized carbons (Fsp3) is 0. The number of nitrogens with zero attached hydrogens (tertiary/aromatic N) is 3. The molecule has 0 saturated heterocycles. The third-order valence-electron chi connectivity index (χ3n) is 9.01. The monoisotopic (exact) mass is 770 g/mol. The van der Waals surface area contributed by atoms with Crippen LogP contribution in [0.1, 0.15) is 22.8 Å². The van der Waals surface area contributed by atoms with Gasteiger partial charge in [-0.25, -0.2) is 0 Å². The van der Waals surface area contributed by atoms with Crippen LogP contribution < -0.4 is 0 Å². The number of fused-ring (bicyclic) bond motifs is 8. The van der Waals surface area contributed by atoms with Crippen molar-refractivity contribution in [3.05, 3.63) is 174 Å². The average molecular weight is 769 g/mol. The summed E-state index contributed by atoms with van der Waals surface area (Å²) in [6, 6.07) is 53.7. The summed E-state index contributed by atoms with van der Waals surface area (Å²) in [5.41, 5.74) is 15.8. The van der Waals surface area contributed by atoms with E-state index in [1.165, 1.54) is 3.59 Å². The first-order valence-corrected chi connectivity index (χ1v) is 18.0. The number of benzene rings is 4. The molecular formula is C44H34N4O2Sn. The van der Waals surface area contributed by atoms with Gasteiger partial charge in [-0.3, -0.25) is 0 Å². The van der Waals surface area contributed by atoms with E-state index < -0.39 is 0 Å². The Morgan fingerprint density at radius 3 is 1.57 bits per heavy atom. The van der Waals surface area contributed by atoms with Crippen LogP contribution in [0.3, 0.4) is 0 Å². The van der Waals surface area contributed by atoms with E-state index >= 15 is 0 Å². The Labute approximate surface area is 308 Å². The van der Waals surface area contributed by atoms with Gasteiger partial charge in [-0.05, 0) is 0 Å². The molecule has 0 unspecified atom stereocenters. The van der Waals surface area contributed by atoms with E-state index in [9.17, 15) is 0 Å². The van der Waals surface area contributed by atoms with Gasteiger partial charge in [0.2, 0.25) is 0 Å². The number of nitrogens with one attached hydrogen (secondary N) is 1. The fourth-order valence-electron chi connectivity index (χ4n) is 6.92. The molecule has 0 saturated carbocycles. The molecule has 9 rings (SSSR count). The normalized spacial score (nSPS) is 11.7. The van der Waals surface area contributed by atoms with Crippen LogP contribution in [0.25, 0.3) is 83.0 Å². The Balaban J connectivity index is 0.00000203. The van der Waals surface area contributed by atoms with Crippen LogP contribution in [0.4, 0.5) is 0 Å². The third-order valence-corrected chi connectivity index (χ3v) is 10.3. The number of rotatable bonds is 4. The molecule has 0 fully saturated rings. The van der Waals surface area contributed by atoms with Crippen molar-refractivity contribution in [2.24, 2.45) is 0 Å². The fourth-order valence-corrected chi connectivity index (χ4v) is 8.01. The van der Waals surface area contributed by atoms with Crippen molar-refractivity contribution in [2.75, 3.05) is 0 Å². The van der Waals surface area contributed by atoms with Crippen LogP contribution in [0, 0.1) is 0 Å². The van der Waals surface area contributed by atoms with Crippen molar-refractivity contribution in [3.8, 4) is 39.1 Å². The summed E-state index contributed by atoms with van der Waals surface area (Å²) in [7, 11) is 0. The maximum atomic E-state index is 5.42. The summed E-state index contributed by atoms with van der Waals surface area (Å²) in [4.78, 5) is 14.1. The van der Waals surface area contributed by atoms with Crippen molar-refractivity contribution < 1.29 is 11.0 Å². The zero-order chi connectivity index (χ0) is 32.7. The van der Waals surface area contributed by atoms with Crippen LogP contribution in [0.15, 0.2) is 152 Å². The average Bonchev–Trinajstić information content (AvgIpc) is 3.93. The molecule has 8 bridgehead atoms. The van der Waals surface area contributed by atoms with Crippen LogP contribution in [0.2, 0.25) is 0 Å². The topological polar surface area (TPSA) is 110 Å². The first kappa shape index (κ1) is 33.7. The molecule has 5 heterocycles. The van der Waals surface area contributed by atoms with Crippen LogP contribution in [-0.4, -0.2) is 53.0 Å². The predicted molar refractivity (Wildman–Crippen MR) is 213 cm³/mol. The summed E-state index contributed by atoms with van der Waals surface area (Å²) in [5, 5.41) is 0. The van der Waals surface area contributed by atoms with E-state index in [-0.39, 0.29) is 11.0 Å². The molecular weight excluding hydrogens is 735 g/mol. The second-order valence-corrected chi connectivity index (χ2v) is 14.0. The van der Waals surface area contributed by atoms with Gasteiger partial charge in [0.25, 0.3) is 0 Å². The van der Waals surface area contributed by atoms with Gasteiger partial charge in [0.05, 0.1) is 0 Å². The van der Waals surface area contributed by atoms with Gasteiger partial charge in [0.15, 0.2) is 0 Å². The minimum atomic E-state index is 0. The molecule has 51 heavy (non-hydrogen) atoms. The van der Waals surface area contributed by atoms with Crippen LogP contribution in [-0.2, 0) is 0 Å². The summed E-state index contributed by atoms with van der Waals surface area (Å²) >= 11 is 0.918. The number of hydrogen-bond acceptors (Lipinski definition) is 2. The Morgan fingerprint density at radius 1 is 0.490 bits per heavy atom. The third kappa shape index (κ3) is 6.25. The molecule has 6 nitrogen and oxygen atoms in total. The standard InChI is InChI=1S/C44H29N4.2H2O.Sn.H/c1-5-13-30(14-6-1)41-39-26-25-36(47-39)28-35-22-21-33(45-35)27-34-23-24-37(46-34)29-40-42(31-15-7-2-8-16-31)43(32-17-9-3-10-18-32)44(41)48(40)38-19-11-4-12-20-38;;;;/h1-25,27-29,45H;2*1H2;;. The zero-order valence-corrected chi connectivity index (χ0v) is 30.9. The van der Waals surface area contributed by atoms with Gasteiger partial charge in [-0.1, -0.05) is 0 Å². The number of hydrogen-bond donors (Lipinski definition) is 1.